The highest BCUT2D eigenvalue weighted by Crippen LogP contribution is 2.27. The average molecular weight is 157 g/mol. The van der Waals surface area contributed by atoms with E-state index in [0.29, 0.717) is 19.4 Å². The Balaban J connectivity index is 2.53. The van der Waals surface area contributed by atoms with Gasteiger partial charge >= 0.3 is 0 Å². The SMILES string of the molecule is CC1(C)C[C@@H](C(=O)[O-])CCO1. The minimum atomic E-state index is -0.943. The number of ether oxygens (including phenoxy) is 1. The molecule has 0 aliphatic carbocycles. The Labute approximate surface area is 66.4 Å². The van der Waals surface area contributed by atoms with Crippen molar-refractivity contribution in [1.29, 1.82) is 0 Å². The summed E-state index contributed by atoms with van der Waals surface area (Å²) in [5.41, 5.74) is -0.289. The minimum absolute atomic E-state index is 0.289. The molecule has 1 rings (SSSR count). The predicted molar refractivity (Wildman–Crippen MR) is 37.8 cm³/mol. The number of carboxylic acid groups (broad SMARTS) is 1. The van der Waals surface area contributed by atoms with Crippen molar-refractivity contribution in [3.8, 4) is 0 Å². The van der Waals surface area contributed by atoms with Gasteiger partial charge in [0.15, 0.2) is 0 Å². The number of carbonyl (C=O) groups excluding carboxylic acids is 1. The number of rotatable bonds is 1. The number of hydrogen-bond donors (Lipinski definition) is 0. The molecule has 1 heterocycles. The lowest BCUT2D eigenvalue weighted by molar-refractivity contribution is -0.315. The molecule has 0 spiro atoms. The molecule has 0 radical (unpaired) electrons. The number of carbonyl (C=O) groups is 1. The molecule has 0 saturated carbocycles. The van der Waals surface area contributed by atoms with Gasteiger partial charge in [0.1, 0.15) is 0 Å². The third-order valence-electron chi connectivity index (χ3n) is 2.03. The van der Waals surface area contributed by atoms with E-state index in [2.05, 4.69) is 0 Å². The lowest BCUT2D eigenvalue weighted by atomic mass is 9.89. The van der Waals surface area contributed by atoms with E-state index >= 15 is 0 Å². The zero-order valence-corrected chi connectivity index (χ0v) is 6.92. The van der Waals surface area contributed by atoms with E-state index < -0.39 is 5.97 Å². The quantitative estimate of drug-likeness (QED) is 0.536. The Morgan fingerprint density at radius 3 is 2.64 bits per heavy atom. The highest BCUT2D eigenvalue weighted by atomic mass is 16.5. The number of hydrogen-bond acceptors (Lipinski definition) is 3. The van der Waals surface area contributed by atoms with E-state index in [0.717, 1.165) is 0 Å². The topological polar surface area (TPSA) is 49.4 Å². The first kappa shape index (κ1) is 8.53. The van der Waals surface area contributed by atoms with Gasteiger partial charge in [-0.15, -0.1) is 0 Å². The summed E-state index contributed by atoms with van der Waals surface area (Å²) in [5.74, 6) is -1.26. The lowest BCUT2D eigenvalue weighted by Gasteiger charge is -2.35. The molecular formula is C8H13O3-. The van der Waals surface area contributed by atoms with Crippen LogP contribution in [0.4, 0.5) is 0 Å². The van der Waals surface area contributed by atoms with Crippen molar-refractivity contribution in [3.05, 3.63) is 0 Å². The summed E-state index contributed by atoms with van der Waals surface area (Å²) in [7, 11) is 0. The third kappa shape index (κ3) is 2.19. The Hall–Kier alpha value is -0.570. The molecule has 0 aromatic heterocycles. The summed E-state index contributed by atoms with van der Waals surface area (Å²) in [5, 5.41) is 10.5. The predicted octanol–water partition coefficient (Wildman–Crippen LogP) is -0.0585. The van der Waals surface area contributed by atoms with E-state index in [1.165, 1.54) is 0 Å². The van der Waals surface area contributed by atoms with Gasteiger partial charge in [-0.3, -0.25) is 0 Å². The Bertz CT molecular complexity index is 163. The molecule has 0 aromatic carbocycles. The van der Waals surface area contributed by atoms with Crippen molar-refractivity contribution >= 4 is 5.97 Å². The second kappa shape index (κ2) is 2.81. The second-order valence-electron chi connectivity index (χ2n) is 3.62. The number of aliphatic carboxylic acids is 1. The van der Waals surface area contributed by atoms with Gasteiger partial charge in [-0.2, -0.15) is 0 Å². The van der Waals surface area contributed by atoms with Crippen LogP contribution in [-0.2, 0) is 9.53 Å². The molecular weight excluding hydrogens is 144 g/mol. The summed E-state index contributed by atoms with van der Waals surface area (Å²) in [4.78, 5) is 10.5. The van der Waals surface area contributed by atoms with Gasteiger partial charge in [0, 0.05) is 18.5 Å². The fourth-order valence-corrected chi connectivity index (χ4v) is 1.43. The average Bonchev–Trinajstić information content (AvgIpc) is 1.85. The van der Waals surface area contributed by atoms with Crippen LogP contribution >= 0.6 is 0 Å². The van der Waals surface area contributed by atoms with E-state index in [1.54, 1.807) is 0 Å². The van der Waals surface area contributed by atoms with E-state index in [9.17, 15) is 9.90 Å². The molecule has 3 heteroatoms. The molecule has 0 bridgehead atoms. The van der Waals surface area contributed by atoms with Crippen molar-refractivity contribution in [2.45, 2.75) is 32.3 Å². The Morgan fingerprint density at radius 1 is 1.64 bits per heavy atom. The van der Waals surface area contributed by atoms with Crippen LogP contribution in [0.2, 0.25) is 0 Å². The van der Waals surface area contributed by atoms with Crippen LogP contribution in [0, 0.1) is 5.92 Å². The van der Waals surface area contributed by atoms with Gasteiger partial charge in [0.25, 0.3) is 0 Å². The smallest absolute Gasteiger partial charge is 0.0632 e. The van der Waals surface area contributed by atoms with Crippen LogP contribution in [0.1, 0.15) is 26.7 Å². The highest BCUT2D eigenvalue weighted by Gasteiger charge is 2.29. The molecule has 3 nitrogen and oxygen atoms in total. The molecule has 1 saturated heterocycles. The van der Waals surface area contributed by atoms with Gasteiger partial charge < -0.3 is 14.6 Å². The maximum absolute atomic E-state index is 10.5. The van der Waals surface area contributed by atoms with Crippen molar-refractivity contribution in [3.63, 3.8) is 0 Å². The highest BCUT2D eigenvalue weighted by molar-refractivity contribution is 5.67. The van der Waals surface area contributed by atoms with Crippen LogP contribution < -0.4 is 5.11 Å². The first-order valence-corrected chi connectivity index (χ1v) is 3.86. The minimum Gasteiger partial charge on any atom is -0.550 e. The normalized spacial score (nSPS) is 29.8. The summed E-state index contributed by atoms with van der Waals surface area (Å²) < 4.78 is 5.35. The summed E-state index contributed by atoms with van der Waals surface area (Å²) in [6, 6.07) is 0. The molecule has 0 N–H and O–H groups in total. The molecule has 1 aliphatic heterocycles. The number of carboxylic acids is 1. The molecule has 0 aromatic rings. The molecule has 0 amide bonds. The fourth-order valence-electron chi connectivity index (χ4n) is 1.43. The first-order chi connectivity index (χ1) is 5.01. The van der Waals surface area contributed by atoms with Crippen molar-refractivity contribution < 1.29 is 14.6 Å². The van der Waals surface area contributed by atoms with Crippen LogP contribution in [0.5, 0.6) is 0 Å². The Kier molecular flexibility index (Phi) is 2.18. The Morgan fingerprint density at radius 2 is 2.27 bits per heavy atom. The summed E-state index contributed by atoms with van der Waals surface area (Å²) >= 11 is 0. The molecule has 1 atom stereocenters. The van der Waals surface area contributed by atoms with E-state index in [4.69, 9.17) is 4.74 Å². The molecule has 1 fully saturated rings. The van der Waals surface area contributed by atoms with Gasteiger partial charge in [-0.1, -0.05) is 0 Å². The largest absolute Gasteiger partial charge is 0.550 e. The maximum Gasteiger partial charge on any atom is 0.0632 e. The fraction of sp³-hybridized carbons (Fsp3) is 0.875. The zero-order chi connectivity index (χ0) is 8.48. The monoisotopic (exact) mass is 157 g/mol. The lowest BCUT2D eigenvalue weighted by Crippen LogP contribution is -2.42. The summed E-state index contributed by atoms with van der Waals surface area (Å²) in [6.45, 7) is 4.34. The molecule has 64 valence electrons. The standard InChI is InChI=1S/C8H14O3/c1-8(2)5-6(7(9)10)3-4-11-8/h6H,3-5H2,1-2H3,(H,9,10)/p-1/t6-/m0/s1. The van der Waals surface area contributed by atoms with E-state index in [1.807, 2.05) is 13.8 Å². The van der Waals surface area contributed by atoms with Crippen molar-refractivity contribution in [2.75, 3.05) is 6.61 Å². The molecule has 0 unspecified atom stereocenters. The maximum atomic E-state index is 10.5. The van der Waals surface area contributed by atoms with Gasteiger partial charge in [-0.25, -0.2) is 0 Å². The van der Waals surface area contributed by atoms with Gasteiger partial charge in [-0.05, 0) is 26.7 Å². The van der Waals surface area contributed by atoms with Crippen LogP contribution in [0.3, 0.4) is 0 Å². The van der Waals surface area contributed by atoms with E-state index in [-0.39, 0.29) is 11.5 Å². The van der Waals surface area contributed by atoms with Gasteiger partial charge in [0.2, 0.25) is 0 Å². The summed E-state index contributed by atoms with van der Waals surface area (Å²) in [6.07, 6.45) is 1.15. The third-order valence-corrected chi connectivity index (χ3v) is 2.03. The van der Waals surface area contributed by atoms with Crippen LogP contribution in [0.25, 0.3) is 0 Å². The zero-order valence-electron chi connectivity index (χ0n) is 6.92. The van der Waals surface area contributed by atoms with Crippen molar-refractivity contribution in [1.82, 2.24) is 0 Å². The second-order valence-corrected chi connectivity index (χ2v) is 3.62. The molecule has 1 aliphatic rings. The van der Waals surface area contributed by atoms with Crippen LogP contribution in [0.15, 0.2) is 0 Å². The first-order valence-electron chi connectivity index (χ1n) is 3.86. The molecule has 11 heavy (non-hydrogen) atoms. The van der Waals surface area contributed by atoms with Crippen molar-refractivity contribution in [2.24, 2.45) is 5.92 Å². The van der Waals surface area contributed by atoms with Crippen LogP contribution in [-0.4, -0.2) is 18.2 Å². The van der Waals surface area contributed by atoms with Gasteiger partial charge in [0.05, 0.1) is 5.60 Å².